The van der Waals surface area contributed by atoms with Gasteiger partial charge < -0.3 is 5.73 Å². The molecule has 3 heterocycles. The van der Waals surface area contributed by atoms with Crippen molar-refractivity contribution < 1.29 is 0 Å². The van der Waals surface area contributed by atoms with Crippen molar-refractivity contribution in [2.45, 2.75) is 28.5 Å². The molecule has 0 amide bonds. The lowest BCUT2D eigenvalue weighted by Gasteiger charge is -2.30. The molecule has 0 saturated carbocycles. The Morgan fingerprint density at radius 1 is 0.829 bits per heavy atom. The molecule has 0 radical (unpaired) electrons. The highest BCUT2D eigenvalue weighted by Gasteiger charge is 2.34. The normalized spacial score (nSPS) is 17.4. The van der Waals surface area contributed by atoms with Crippen molar-refractivity contribution >= 4 is 50.9 Å². The number of hydrogen-bond acceptors (Lipinski definition) is 6. The topological polar surface area (TPSA) is 51.8 Å². The van der Waals surface area contributed by atoms with Crippen LogP contribution >= 0.6 is 34.9 Å². The van der Waals surface area contributed by atoms with Crippen LogP contribution in [0.4, 0.5) is 5.82 Å². The molecule has 0 bridgehead atoms. The summed E-state index contributed by atoms with van der Waals surface area (Å²) in [5, 5.41) is 2.46. The average Bonchev–Trinajstić information content (AvgIpc) is 3.29. The molecule has 0 fully saturated rings. The van der Waals surface area contributed by atoms with Crippen LogP contribution in [0.2, 0.25) is 0 Å². The molecular weight excluding hydrogens is 487 g/mol. The van der Waals surface area contributed by atoms with Crippen LogP contribution < -0.4 is 5.73 Å². The summed E-state index contributed by atoms with van der Waals surface area (Å²) in [5.41, 5.74) is 12.0. The SMILES string of the molecule is Nc1nc(SCCc2ccccc2)nc2sc3c(c12)C[C@@H](c1ccccc1)S[C@@H]3c1ccccc1. The molecule has 5 aromatic rings. The lowest BCUT2D eigenvalue weighted by molar-refractivity contribution is 0.893. The summed E-state index contributed by atoms with van der Waals surface area (Å²) < 4.78 is 0. The summed E-state index contributed by atoms with van der Waals surface area (Å²) in [4.78, 5) is 12.1. The molecule has 6 rings (SSSR count). The molecule has 2 aromatic heterocycles. The van der Waals surface area contributed by atoms with Crippen LogP contribution in [0.15, 0.2) is 96.2 Å². The number of thiophene rings is 1. The van der Waals surface area contributed by atoms with E-state index >= 15 is 0 Å². The molecule has 0 aliphatic carbocycles. The van der Waals surface area contributed by atoms with Gasteiger partial charge in [0, 0.05) is 15.9 Å². The first-order valence-corrected chi connectivity index (χ1v) is 14.5. The van der Waals surface area contributed by atoms with E-state index in [1.807, 2.05) is 11.8 Å². The Kier molecular flexibility index (Phi) is 6.51. The number of benzene rings is 3. The van der Waals surface area contributed by atoms with Crippen LogP contribution in [0, 0.1) is 0 Å². The van der Waals surface area contributed by atoms with E-state index in [-0.39, 0.29) is 5.25 Å². The van der Waals surface area contributed by atoms with Crippen LogP contribution in [0.1, 0.15) is 37.6 Å². The van der Waals surface area contributed by atoms with Crippen molar-refractivity contribution in [1.29, 1.82) is 0 Å². The fourth-order valence-corrected chi connectivity index (χ4v) is 8.56. The number of hydrogen-bond donors (Lipinski definition) is 1. The molecule has 6 heteroatoms. The van der Waals surface area contributed by atoms with E-state index < -0.39 is 0 Å². The minimum Gasteiger partial charge on any atom is -0.383 e. The van der Waals surface area contributed by atoms with Crippen molar-refractivity contribution in [3.05, 3.63) is 118 Å². The van der Waals surface area contributed by atoms with Crippen molar-refractivity contribution in [1.82, 2.24) is 9.97 Å². The van der Waals surface area contributed by atoms with E-state index in [1.165, 1.54) is 27.1 Å². The Bertz CT molecular complexity index is 1440. The largest absolute Gasteiger partial charge is 0.383 e. The number of fused-ring (bicyclic) bond motifs is 3. The van der Waals surface area contributed by atoms with Crippen LogP contribution in [-0.4, -0.2) is 15.7 Å². The van der Waals surface area contributed by atoms with Crippen LogP contribution in [0.5, 0.6) is 0 Å². The lowest BCUT2D eigenvalue weighted by atomic mass is 9.98. The van der Waals surface area contributed by atoms with Gasteiger partial charge in [-0.3, -0.25) is 0 Å². The molecule has 2 atom stereocenters. The molecule has 2 N–H and O–H groups in total. The van der Waals surface area contributed by atoms with Gasteiger partial charge in [-0.05, 0) is 35.1 Å². The molecular formula is C29H25N3S3. The highest BCUT2D eigenvalue weighted by molar-refractivity contribution is 8.00. The predicted molar refractivity (Wildman–Crippen MR) is 151 cm³/mol. The Hall–Kier alpha value is -2.80. The summed E-state index contributed by atoms with van der Waals surface area (Å²) in [6, 6.07) is 32.2. The molecule has 3 aromatic carbocycles. The van der Waals surface area contributed by atoms with Crippen molar-refractivity contribution in [3.63, 3.8) is 0 Å². The van der Waals surface area contributed by atoms with Gasteiger partial charge >= 0.3 is 0 Å². The van der Waals surface area contributed by atoms with Crippen LogP contribution in [0.3, 0.4) is 0 Å². The molecule has 1 aliphatic rings. The number of nitrogens with two attached hydrogens (primary N) is 1. The van der Waals surface area contributed by atoms with E-state index in [0.717, 1.165) is 34.0 Å². The first-order chi connectivity index (χ1) is 17.3. The highest BCUT2D eigenvalue weighted by atomic mass is 32.2. The standard InChI is InChI=1S/C29H25N3S3/c30-27-24-22-18-23(20-12-6-2-7-13-20)34-25(21-14-8-3-9-15-21)26(22)35-28(24)32-29(31-27)33-17-16-19-10-4-1-5-11-19/h1-15,23,25H,16-18H2,(H2,30,31,32)/t23-,25+/m0/s1. The van der Waals surface area contributed by atoms with Gasteiger partial charge in [-0.25, -0.2) is 9.97 Å². The Morgan fingerprint density at radius 2 is 1.49 bits per heavy atom. The van der Waals surface area contributed by atoms with Gasteiger partial charge in [-0.2, -0.15) is 0 Å². The third-order valence-corrected chi connectivity index (χ3v) is 10.1. The molecule has 3 nitrogen and oxygen atoms in total. The summed E-state index contributed by atoms with van der Waals surface area (Å²) in [6.07, 6.45) is 1.93. The van der Waals surface area contributed by atoms with Gasteiger partial charge in [-0.15, -0.1) is 23.1 Å². The van der Waals surface area contributed by atoms with E-state index in [1.54, 1.807) is 23.1 Å². The van der Waals surface area contributed by atoms with E-state index in [9.17, 15) is 0 Å². The number of thioether (sulfide) groups is 2. The molecule has 1 aliphatic heterocycles. The maximum atomic E-state index is 6.61. The second-order valence-electron chi connectivity index (χ2n) is 8.63. The van der Waals surface area contributed by atoms with Crippen LogP contribution in [-0.2, 0) is 12.8 Å². The summed E-state index contributed by atoms with van der Waals surface area (Å²) in [6.45, 7) is 0. The zero-order valence-electron chi connectivity index (χ0n) is 19.1. The molecule has 174 valence electrons. The molecule has 0 spiro atoms. The fraction of sp³-hybridized carbons (Fsp3) is 0.172. The summed E-state index contributed by atoms with van der Waals surface area (Å²) >= 11 is 5.51. The zero-order chi connectivity index (χ0) is 23.6. The quantitative estimate of drug-likeness (QED) is 0.187. The minimum atomic E-state index is 0.262. The van der Waals surface area contributed by atoms with Gasteiger partial charge in [0.15, 0.2) is 5.16 Å². The first-order valence-electron chi connectivity index (χ1n) is 11.8. The van der Waals surface area contributed by atoms with Gasteiger partial charge in [0.25, 0.3) is 0 Å². The second kappa shape index (κ2) is 10.1. The lowest BCUT2D eigenvalue weighted by Crippen LogP contribution is -2.12. The monoisotopic (exact) mass is 511 g/mol. The Balaban J connectivity index is 1.36. The predicted octanol–water partition coefficient (Wildman–Crippen LogP) is 7.73. The number of aryl methyl sites for hydroxylation is 1. The maximum Gasteiger partial charge on any atom is 0.190 e. The number of aromatic nitrogens is 2. The van der Waals surface area contributed by atoms with Gasteiger partial charge in [0.05, 0.1) is 10.6 Å². The second-order valence-corrected chi connectivity index (χ2v) is 12.0. The van der Waals surface area contributed by atoms with E-state index in [0.29, 0.717) is 11.1 Å². The molecule has 0 saturated heterocycles. The first kappa shape index (κ1) is 22.7. The van der Waals surface area contributed by atoms with E-state index in [2.05, 4.69) is 91.0 Å². The molecule has 35 heavy (non-hydrogen) atoms. The summed E-state index contributed by atoms with van der Waals surface area (Å²) in [7, 11) is 0. The Morgan fingerprint density at radius 3 is 2.20 bits per heavy atom. The van der Waals surface area contributed by atoms with E-state index in [4.69, 9.17) is 15.7 Å². The van der Waals surface area contributed by atoms with Gasteiger partial charge in [-0.1, -0.05) is 103 Å². The maximum absolute atomic E-state index is 6.61. The number of rotatable bonds is 6. The highest BCUT2D eigenvalue weighted by Crippen LogP contribution is 2.55. The Labute approximate surface area is 218 Å². The summed E-state index contributed by atoms with van der Waals surface area (Å²) in [5.74, 6) is 1.54. The number of nitrogens with zero attached hydrogens (tertiary/aromatic N) is 2. The van der Waals surface area contributed by atoms with Gasteiger partial charge in [0.2, 0.25) is 0 Å². The van der Waals surface area contributed by atoms with Crippen LogP contribution in [0.25, 0.3) is 10.2 Å². The van der Waals surface area contributed by atoms with Gasteiger partial charge in [0.1, 0.15) is 10.6 Å². The average molecular weight is 512 g/mol. The molecule has 0 unspecified atom stereocenters. The zero-order valence-corrected chi connectivity index (χ0v) is 21.6. The fourth-order valence-electron chi connectivity index (χ4n) is 4.65. The number of anilines is 1. The van der Waals surface area contributed by atoms with Crippen molar-refractivity contribution in [2.75, 3.05) is 11.5 Å². The smallest absolute Gasteiger partial charge is 0.190 e. The van der Waals surface area contributed by atoms with Crippen molar-refractivity contribution in [2.24, 2.45) is 0 Å². The number of nitrogen functional groups attached to an aromatic ring is 1. The minimum absolute atomic E-state index is 0.262. The van der Waals surface area contributed by atoms with Crippen molar-refractivity contribution in [3.8, 4) is 0 Å². The third kappa shape index (κ3) is 4.70. The third-order valence-electron chi connectivity index (χ3n) is 6.36.